The standard InChI is InChI=1S/C28H26ClNO6/c1-34-21-12-10-19(16-20(21)29)26(31)24-25(18-7-5-4-6-8-18)30(28(33)27(24)32)14-13-17-9-11-22(35-2)23(15-17)36-3/h4-12,15-16,25,31H,13-14H2,1-3H3/b26-24-. The molecule has 4 rings (SSSR count). The normalized spacial score (nSPS) is 16.8. The summed E-state index contributed by atoms with van der Waals surface area (Å²) < 4.78 is 15.9. The summed E-state index contributed by atoms with van der Waals surface area (Å²) in [5, 5.41) is 11.5. The third-order valence-corrected chi connectivity index (χ3v) is 6.47. The molecule has 1 atom stereocenters. The molecule has 186 valence electrons. The molecule has 3 aromatic rings. The molecule has 1 aliphatic heterocycles. The van der Waals surface area contributed by atoms with Crippen molar-refractivity contribution >= 4 is 29.1 Å². The maximum Gasteiger partial charge on any atom is 0.295 e. The second-order valence-corrected chi connectivity index (χ2v) is 8.60. The number of benzene rings is 3. The summed E-state index contributed by atoms with van der Waals surface area (Å²) in [5.74, 6) is -0.105. The van der Waals surface area contributed by atoms with Crippen LogP contribution in [0.2, 0.25) is 5.02 Å². The van der Waals surface area contributed by atoms with Crippen LogP contribution in [0.5, 0.6) is 17.2 Å². The number of aliphatic hydroxyl groups is 1. The van der Waals surface area contributed by atoms with E-state index in [1.165, 1.54) is 18.1 Å². The smallest absolute Gasteiger partial charge is 0.295 e. The third-order valence-electron chi connectivity index (χ3n) is 6.17. The van der Waals surface area contributed by atoms with Crippen molar-refractivity contribution in [2.24, 2.45) is 0 Å². The summed E-state index contributed by atoms with van der Waals surface area (Å²) in [6.07, 6.45) is 0.463. The highest BCUT2D eigenvalue weighted by Gasteiger charge is 2.45. The predicted octanol–water partition coefficient (Wildman–Crippen LogP) is 5.03. The number of halogens is 1. The number of hydrogen-bond donors (Lipinski definition) is 1. The van der Waals surface area contributed by atoms with E-state index in [0.717, 1.165) is 5.56 Å². The molecule has 1 amide bonds. The van der Waals surface area contributed by atoms with E-state index in [0.29, 0.717) is 34.8 Å². The molecule has 0 spiro atoms. The third kappa shape index (κ3) is 4.75. The van der Waals surface area contributed by atoms with Crippen molar-refractivity contribution in [3.05, 3.63) is 94.0 Å². The lowest BCUT2D eigenvalue weighted by Crippen LogP contribution is -2.31. The molecule has 7 nitrogen and oxygen atoms in total. The first-order valence-electron chi connectivity index (χ1n) is 11.3. The van der Waals surface area contributed by atoms with Gasteiger partial charge in [0.05, 0.1) is 38.0 Å². The number of amides is 1. The van der Waals surface area contributed by atoms with Crippen LogP contribution in [0.3, 0.4) is 0 Å². The molecule has 36 heavy (non-hydrogen) atoms. The minimum Gasteiger partial charge on any atom is -0.507 e. The van der Waals surface area contributed by atoms with E-state index < -0.39 is 17.7 Å². The molecule has 1 fully saturated rings. The van der Waals surface area contributed by atoms with Gasteiger partial charge in [0, 0.05) is 12.1 Å². The number of carbonyl (C=O) groups is 2. The van der Waals surface area contributed by atoms with Crippen molar-refractivity contribution in [2.45, 2.75) is 12.5 Å². The van der Waals surface area contributed by atoms with Gasteiger partial charge in [-0.2, -0.15) is 0 Å². The molecule has 1 heterocycles. The summed E-state index contributed by atoms with van der Waals surface area (Å²) >= 11 is 6.25. The number of ketones is 1. The molecule has 0 aliphatic carbocycles. The van der Waals surface area contributed by atoms with Crippen LogP contribution in [0.1, 0.15) is 22.7 Å². The Hall–Kier alpha value is -3.97. The molecule has 3 aromatic carbocycles. The number of likely N-dealkylation sites (tertiary alicyclic amines) is 1. The topological polar surface area (TPSA) is 85.3 Å². The van der Waals surface area contributed by atoms with E-state index in [1.807, 2.05) is 42.5 Å². The van der Waals surface area contributed by atoms with Crippen molar-refractivity contribution < 1.29 is 28.9 Å². The minimum atomic E-state index is -0.757. The summed E-state index contributed by atoms with van der Waals surface area (Å²) in [6.45, 7) is 0.250. The quantitative estimate of drug-likeness (QED) is 0.261. The number of carbonyl (C=O) groups excluding carboxylic acids is 2. The first-order chi connectivity index (χ1) is 17.4. The van der Waals surface area contributed by atoms with E-state index in [2.05, 4.69) is 0 Å². The molecular formula is C28H26ClNO6. The molecule has 0 aromatic heterocycles. The highest BCUT2D eigenvalue weighted by molar-refractivity contribution is 6.46. The van der Waals surface area contributed by atoms with Gasteiger partial charge in [0.1, 0.15) is 11.5 Å². The summed E-state index contributed by atoms with van der Waals surface area (Å²) in [7, 11) is 4.61. The highest BCUT2D eigenvalue weighted by Crippen LogP contribution is 2.40. The van der Waals surface area contributed by atoms with Crippen molar-refractivity contribution in [1.29, 1.82) is 0 Å². The molecule has 0 saturated carbocycles. The van der Waals surface area contributed by atoms with E-state index >= 15 is 0 Å². The molecule has 1 aliphatic rings. The average molecular weight is 508 g/mol. The van der Waals surface area contributed by atoms with Gasteiger partial charge < -0.3 is 24.2 Å². The van der Waals surface area contributed by atoms with Crippen molar-refractivity contribution in [3.63, 3.8) is 0 Å². The maximum absolute atomic E-state index is 13.2. The maximum atomic E-state index is 13.2. The fourth-order valence-corrected chi connectivity index (χ4v) is 4.61. The van der Waals surface area contributed by atoms with Gasteiger partial charge in [0.2, 0.25) is 0 Å². The van der Waals surface area contributed by atoms with E-state index in [9.17, 15) is 14.7 Å². The largest absolute Gasteiger partial charge is 0.507 e. The second-order valence-electron chi connectivity index (χ2n) is 8.19. The molecule has 1 saturated heterocycles. The Kier molecular flexibility index (Phi) is 7.50. The SMILES string of the molecule is COc1ccc(/C(O)=C2/C(=O)C(=O)N(CCc3ccc(OC)c(OC)c3)C2c2ccccc2)cc1Cl. The summed E-state index contributed by atoms with van der Waals surface area (Å²) in [6, 6.07) is 18.6. The van der Waals surface area contributed by atoms with Crippen LogP contribution in [0.4, 0.5) is 0 Å². The van der Waals surface area contributed by atoms with Crippen LogP contribution in [0, 0.1) is 0 Å². The van der Waals surface area contributed by atoms with Gasteiger partial charge in [-0.15, -0.1) is 0 Å². The van der Waals surface area contributed by atoms with Crippen molar-refractivity contribution in [2.75, 3.05) is 27.9 Å². The monoisotopic (exact) mass is 507 g/mol. The van der Waals surface area contributed by atoms with Crippen molar-refractivity contribution in [1.82, 2.24) is 4.90 Å². The molecule has 0 bridgehead atoms. The number of nitrogens with zero attached hydrogens (tertiary/aromatic N) is 1. The molecular weight excluding hydrogens is 482 g/mol. The number of rotatable bonds is 8. The number of aliphatic hydroxyl groups excluding tert-OH is 1. The van der Waals surface area contributed by atoms with E-state index in [-0.39, 0.29) is 22.9 Å². The van der Waals surface area contributed by atoms with E-state index in [1.54, 1.807) is 32.4 Å². The number of Topliss-reactive ketones (excluding diaryl/α,β-unsaturated/α-hetero) is 1. The number of ether oxygens (including phenoxy) is 3. The lowest BCUT2D eigenvalue weighted by molar-refractivity contribution is -0.139. The average Bonchev–Trinajstić information content (AvgIpc) is 3.16. The van der Waals surface area contributed by atoms with E-state index in [4.69, 9.17) is 25.8 Å². The van der Waals surface area contributed by atoms with Gasteiger partial charge in [-0.25, -0.2) is 0 Å². The fraction of sp³-hybridized carbons (Fsp3) is 0.214. The Balaban J connectivity index is 1.73. The number of methoxy groups -OCH3 is 3. The van der Waals surface area contributed by atoms with Crippen LogP contribution in [-0.2, 0) is 16.0 Å². The first kappa shape index (κ1) is 25.1. The first-order valence-corrected chi connectivity index (χ1v) is 11.7. The van der Waals surface area contributed by atoms with Gasteiger partial charge in [-0.05, 0) is 47.9 Å². The van der Waals surface area contributed by atoms with Gasteiger partial charge in [-0.3, -0.25) is 9.59 Å². The lowest BCUT2D eigenvalue weighted by Gasteiger charge is -2.25. The molecule has 8 heteroatoms. The van der Waals surface area contributed by atoms with Crippen molar-refractivity contribution in [3.8, 4) is 17.2 Å². The van der Waals surface area contributed by atoms with Gasteiger partial charge in [-0.1, -0.05) is 48.0 Å². The molecule has 1 unspecified atom stereocenters. The van der Waals surface area contributed by atoms with Gasteiger partial charge in [0.25, 0.3) is 11.7 Å². The molecule has 0 radical (unpaired) electrons. The Morgan fingerprint density at radius 2 is 1.56 bits per heavy atom. The fourth-order valence-electron chi connectivity index (χ4n) is 4.35. The lowest BCUT2D eigenvalue weighted by atomic mass is 9.95. The van der Waals surface area contributed by atoms with Gasteiger partial charge in [0.15, 0.2) is 11.5 Å². The second kappa shape index (κ2) is 10.7. The summed E-state index contributed by atoms with van der Waals surface area (Å²) in [5.41, 5.74) is 1.95. The predicted molar refractivity (Wildman–Crippen MR) is 137 cm³/mol. The zero-order chi connectivity index (χ0) is 25.8. The summed E-state index contributed by atoms with van der Waals surface area (Å²) in [4.78, 5) is 27.9. The van der Waals surface area contributed by atoms with Crippen LogP contribution in [0.15, 0.2) is 72.3 Å². The Bertz CT molecular complexity index is 1320. The Morgan fingerprint density at radius 1 is 0.889 bits per heavy atom. The Morgan fingerprint density at radius 3 is 2.19 bits per heavy atom. The molecule has 1 N–H and O–H groups in total. The minimum absolute atomic E-state index is 0.0137. The van der Waals surface area contributed by atoms with Crippen LogP contribution < -0.4 is 14.2 Å². The zero-order valence-electron chi connectivity index (χ0n) is 20.2. The zero-order valence-corrected chi connectivity index (χ0v) is 20.9. The number of hydrogen-bond acceptors (Lipinski definition) is 6. The van der Waals surface area contributed by atoms with Crippen LogP contribution in [0.25, 0.3) is 5.76 Å². The van der Waals surface area contributed by atoms with Crippen LogP contribution in [-0.4, -0.2) is 49.6 Å². The Labute approximate surface area is 214 Å². The van der Waals surface area contributed by atoms with Gasteiger partial charge >= 0.3 is 0 Å². The highest BCUT2D eigenvalue weighted by atomic mass is 35.5. The van der Waals surface area contributed by atoms with Crippen LogP contribution >= 0.6 is 11.6 Å².